The Bertz CT molecular complexity index is 33.7. The molecule has 0 unspecified atom stereocenters. The normalized spacial score (nSPS) is 7.50. The maximum absolute atomic E-state index is 8.17. The van der Waals surface area contributed by atoms with Gasteiger partial charge in [-0.15, -0.1) is 12.4 Å². The van der Waals surface area contributed by atoms with Crippen molar-refractivity contribution in [3.05, 3.63) is 0 Å². The zero-order valence-electron chi connectivity index (χ0n) is 3.74. The van der Waals surface area contributed by atoms with Crippen molar-refractivity contribution < 1.29 is 15.3 Å². The van der Waals surface area contributed by atoms with Crippen LogP contribution in [0.2, 0.25) is 0 Å². The van der Waals surface area contributed by atoms with Crippen LogP contribution in [0.15, 0.2) is 0 Å². The van der Waals surface area contributed by atoms with Crippen molar-refractivity contribution in [3.8, 4) is 0 Å². The van der Waals surface area contributed by atoms with Gasteiger partial charge in [0.15, 0.2) is 0 Å². The van der Waals surface area contributed by atoms with Crippen molar-refractivity contribution in [3.63, 3.8) is 0 Å². The summed E-state index contributed by atoms with van der Waals surface area (Å²) in [5, 5.41) is 24.0. The molecule has 0 fully saturated rings. The topological polar surface area (TPSA) is 60.7 Å². The van der Waals surface area contributed by atoms with Crippen LogP contribution in [0.3, 0.4) is 0 Å². The summed E-state index contributed by atoms with van der Waals surface area (Å²) in [6.45, 7) is -0.729. The zero-order valence-corrected chi connectivity index (χ0v) is 4.56. The van der Waals surface area contributed by atoms with Crippen LogP contribution in [0.4, 0.5) is 0 Å². The number of aliphatic hydroxyl groups is 3. The van der Waals surface area contributed by atoms with Crippen LogP contribution in [-0.2, 0) is 0 Å². The van der Waals surface area contributed by atoms with E-state index in [4.69, 9.17) is 15.3 Å². The molecule has 0 aromatic rings. The summed E-state index contributed by atoms with van der Waals surface area (Å²) >= 11 is 0. The van der Waals surface area contributed by atoms with Gasteiger partial charge in [0.25, 0.3) is 0 Å². The summed E-state index contributed by atoms with van der Waals surface area (Å²) in [6.07, 6.45) is -0.954. The number of hydrogen-bond donors (Lipinski definition) is 3. The van der Waals surface area contributed by atoms with Crippen LogP contribution in [0.1, 0.15) is 0 Å². The molecule has 0 saturated heterocycles. The molecule has 0 aromatic carbocycles. The quantitative estimate of drug-likeness (QED) is 0.414. The first-order valence-electron chi connectivity index (χ1n) is 1.71. The van der Waals surface area contributed by atoms with Gasteiger partial charge in [-0.2, -0.15) is 0 Å². The summed E-state index contributed by atoms with van der Waals surface area (Å²) in [7, 11) is 0. The SMILES string of the molecule is Cl.OCC(O)CO.[CaH2]. The average molecular weight is 171 g/mol. The van der Waals surface area contributed by atoms with Gasteiger partial charge < -0.3 is 15.3 Å². The second kappa shape index (κ2) is 11.3. The molecule has 0 amide bonds. The van der Waals surface area contributed by atoms with Crippen molar-refractivity contribution >= 4 is 50.1 Å². The summed E-state index contributed by atoms with van der Waals surface area (Å²) in [4.78, 5) is 0. The van der Waals surface area contributed by atoms with Gasteiger partial charge in [-0.05, 0) is 0 Å². The Hall–Kier alpha value is 1.43. The average Bonchev–Trinajstić information content (AvgIpc) is 1.65. The van der Waals surface area contributed by atoms with Gasteiger partial charge in [0.2, 0.25) is 0 Å². The molecule has 0 saturated carbocycles. The molecular weight excluding hydrogens is 160 g/mol. The van der Waals surface area contributed by atoms with E-state index in [1.807, 2.05) is 0 Å². The predicted octanol–water partition coefficient (Wildman–Crippen LogP) is -2.16. The Kier molecular flexibility index (Phi) is 22.8. The molecule has 5 heteroatoms. The van der Waals surface area contributed by atoms with E-state index in [9.17, 15) is 0 Å². The van der Waals surface area contributed by atoms with Crippen LogP contribution < -0.4 is 0 Å². The Morgan fingerprint density at radius 3 is 1.38 bits per heavy atom. The monoisotopic (exact) mass is 170 g/mol. The third-order valence-electron chi connectivity index (χ3n) is 0.421. The fourth-order valence-corrected chi connectivity index (χ4v) is 0.0577. The Morgan fingerprint density at radius 1 is 1.12 bits per heavy atom. The molecule has 3 nitrogen and oxygen atoms in total. The van der Waals surface area contributed by atoms with Gasteiger partial charge in [-0.1, -0.05) is 0 Å². The standard InChI is InChI=1S/C3H8O3.Ca.ClH.2H/c4-1-3(6)2-5;;;;/h3-6H,1-2H2;;1H;;. The molecule has 0 aliphatic rings. The zero-order chi connectivity index (χ0) is 4.99. The molecule has 3 N–H and O–H groups in total. The molecule has 0 bridgehead atoms. The van der Waals surface area contributed by atoms with Crippen molar-refractivity contribution in [2.24, 2.45) is 0 Å². The minimum absolute atomic E-state index is 0. The first-order chi connectivity index (χ1) is 2.81. The summed E-state index contributed by atoms with van der Waals surface area (Å²) in [6, 6.07) is 0. The minimum atomic E-state index is -0.954. The molecule has 50 valence electrons. The van der Waals surface area contributed by atoms with Gasteiger partial charge in [0.05, 0.1) is 13.2 Å². The van der Waals surface area contributed by atoms with Crippen LogP contribution in [0.25, 0.3) is 0 Å². The molecule has 0 spiro atoms. The van der Waals surface area contributed by atoms with Crippen molar-refractivity contribution in [1.29, 1.82) is 0 Å². The molecule has 0 heterocycles. The Morgan fingerprint density at radius 2 is 1.38 bits per heavy atom. The molecule has 0 aromatic heterocycles. The van der Waals surface area contributed by atoms with E-state index in [0.29, 0.717) is 0 Å². The van der Waals surface area contributed by atoms with E-state index in [1.54, 1.807) is 0 Å². The van der Waals surface area contributed by atoms with Crippen LogP contribution >= 0.6 is 12.4 Å². The molecular formula is C3H11CaClO3. The molecule has 0 aliphatic heterocycles. The summed E-state index contributed by atoms with van der Waals surface area (Å²) < 4.78 is 0. The van der Waals surface area contributed by atoms with E-state index in [-0.39, 0.29) is 63.4 Å². The van der Waals surface area contributed by atoms with Gasteiger partial charge in [0.1, 0.15) is 6.10 Å². The number of halogens is 1. The van der Waals surface area contributed by atoms with Gasteiger partial charge >= 0.3 is 37.7 Å². The van der Waals surface area contributed by atoms with Crippen molar-refractivity contribution in [2.45, 2.75) is 6.10 Å². The van der Waals surface area contributed by atoms with Crippen molar-refractivity contribution in [2.75, 3.05) is 13.2 Å². The number of aliphatic hydroxyl groups excluding tert-OH is 3. The second-order valence-corrected chi connectivity index (χ2v) is 1.02. The second-order valence-electron chi connectivity index (χ2n) is 1.02. The number of rotatable bonds is 2. The summed E-state index contributed by atoms with van der Waals surface area (Å²) in [5.74, 6) is 0. The fraction of sp³-hybridized carbons (Fsp3) is 1.00. The van der Waals surface area contributed by atoms with Gasteiger partial charge in [0, 0.05) is 0 Å². The van der Waals surface area contributed by atoms with E-state index in [1.165, 1.54) is 0 Å². The van der Waals surface area contributed by atoms with Crippen molar-refractivity contribution in [1.82, 2.24) is 0 Å². The molecule has 0 atom stereocenters. The van der Waals surface area contributed by atoms with E-state index in [2.05, 4.69) is 0 Å². The van der Waals surface area contributed by atoms with E-state index < -0.39 is 6.10 Å². The van der Waals surface area contributed by atoms with E-state index in [0.717, 1.165) is 0 Å². The molecule has 0 aliphatic carbocycles. The predicted molar refractivity (Wildman–Crippen MR) is 36.0 cm³/mol. The van der Waals surface area contributed by atoms with E-state index >= 15 is 0 Å². The summed E-state index contributed by atoms with van der Waals surface area (Å²) in [5.41, 5.74) is 0. The molecule has 8 heavy (non-hydrogen) atoms. The first-order valence-corrected chi connectivity index (χ1v) is 1.71. The third-order valence-corrected chi connectivity index (χ3v) is 0.421. The van der Waals surface area contributed by atoms with Gasteiger partial charge in [-0.3, -0.25) is 0 Å². The third kappa shape index (κ3) is 10.4. The molecule has 0 radical (unpaired) electrons. The first kappa shape index (κ1) is 16.2. The van der Waals surface area contributed by atoms with Crippen LogP contribution in [0, 0.1) is 0 Å². The van der Waals surface area contributed by atoms with Crippen LogP contribution in [0.5, 0.6) is 0 Å². The molecule has 0 rings (SSSR count). The van der Waals surface area contributed by atoms with Crippen LogP contribution in [-0.4, -0.2) is 72.4 Å². The Labute approximate surface area is 84.1 Å². The number of hydrogen-bond acceptors (Lipinski definition) is 3. The van der Waals surface area contributed by atoms with Gasteiger partial charge in [-0.25, -0.2) is 0 Å². The fourth-order valence-electron chi connectivity index (χ4n) is 0.0577. The maximum atomic E-state index is 8.17. The Balaban J connectivity index is -0.000000125.